The summed E-state index contributed by atoms with van der Waals surface area (Å²) < 4.78 is 1.62. The first-order valence-electron chi connectivity index (χ1n) is 4.68. The molecule has 0 bridgehead atoms. The summed E-state index contributed by atoms with van der Waals surface area (Å²) in [6.07, 6.45) is 1.46. The maximum atomic E-state index is 10.6. The van der Waals surface area contributed by atoms with Crippen LogP contribution in [0.4, 0.5) is 0 Å². The second-order valence-electron chi connectivity index (χ2n) is 3.32. The van der Waals surface area contributed by atoms with Gasteiger partial charge in [-0.2, -0.15) is 5.10 Å². The van der Waals surface area contributed by atoms with Gasteiger partial charge in [-0.15, -0.1) is 0 Å². The topological polar surface area (TPSA) is 80.9 Å². The van der Waals surface area contributed by atoms with Gasteiger partial charge in [0.1, 0.15) is 17.3 Å². The van der Waals surface area contributed by atoms with Crippen molar-refractivity contribution in [2.24, 2.45) is 0 Å². The number of pyridine rings is 1. The Labute approximate surface area is 91.6 Å². The van der Waals surface area contributed by atoms with E-state index in [9.17, 15) is 4.79 Å². The Kier molecular flexibility index (Phi) is 2.40. The van der Waals surface area contributed by atoms with E-state index in [0.29, 0.717) is 11.5 Å². The number of aromatic nitrogens is 4. The molecular weight excluding hydrogens is 208 g/mol. The van der Waals surface area contributed by atoms with Gasteiger partial charge in [0.15, 0.2) is 0 Å². The van der Waals surface area contributed by atoms with Gasteiger partial charge < -0.3 is 5.11 Å². The van der Waals surface area contributed by atoms with Crippen LogP contribution in [0.1, 0.15) is 22.1 Å². The third-order valence-corrected chi connectivity index (χ3v) is 2.09. The number of carboxylic acid groups (broad SMARTS) is 1. The van der Waals surface area contributed by atoms with Gasteiger partial charge in [-0.3, -0.25) is 0 Å². The molecule has 0 aromatic carbocycles. The van der Waals surface area contributed by atoms with Gasteiger partial charge in [0.25, 0.3) is 0 Å². The largest absolute Gasteiger partial charge is 0.477 e. The first-order valence-corrected chi connectivity index (χ1v) is 4.68. The lowest BCUT2D eigenvalue weighted by Crippen LogP contribution is -2.04. The first-order chi connectivity index (χ1) is 7.58. The minimum absolute atomic E-state index is 0.0123. The van der Waals surface area contributed by atoms with Gasteiger partial charge in [0, 0.05) is 0 Å². The number of aryl methyl sites for hydroxylation is 2. The summed E-state index contributed by atoms with van der Waals surface area (Å²) in [6, 6.07) is 3.09. The highest BCUT2D eigenvalue weighted by Crippen LogP contribution is 2.08. The molecule has 1 N–H and O–H groups in total. The molecule has 2 heterocycles. The molecule has 0 aliphatic carbocycles. The van der Waals surface area contributed by atoms with Crippen LogP contribution in [0, 0.1) is 13.8 Å². The van der Waals surface area contributed by atoms with E-state index in [4.69, 9.17) is 5.11 Å². The minimum atomic E-state index is -1.04. The van der Waals surface area contributed by atoms with Crippen LogP contribution in [0.15, 0.2) is 18.3 Å². The Morgan fingerprint density at radius 3 is 2.56 bits per heavy atom. The predicted molar refractivity (Wildman–Crippen MR) is 55.6 cm³/mol. The van der Waals surface area contributed by atoms with Crippen molar-refractivity contribution in [3.05, 3.63) is 35.7 Å². The lowest BCUT2D eigenvalue weighted by Gasteiger charge is -2.02. The second kappa shape index (κ2) is 3.73. The predicted octanol–water partition coefficient (Wildman–Crippen LogP) is 0.977. The van der Waals surface area contributed by atoms with Crippen molar-refractivity contribution >= 4 is 5.97 Å². The Hall–Kier alpha value is -2.24. The SMILES string of the molecule is Cc1nc(C)n(-c2ccc(C(=O)O)nc2)n1. The van der Waals surface area contributed by atoms with Crippen molar-refractivity contribution in [2.45, 2.75) is 13.8 Å². The highest BCUT2D eigenvalue weighted by atomic mass is 16.4. The summed E-state index contributed by atoms with van der Waals surface area (Å²) >= 11 is 0. The zero-order valence-electron chi connectivity index (χ0n) is 8.88. The van der Waals surface area contributed by atoms with Crippen molar-refractivity contribution in [3.63, 3.8) is 0 Å². The summed E-state index contributed by atoms with van der Waals surface area (Å²) in [5.74, 6) is 0.361. The van der Waals surface area contributed by atoms with Gasteiger partial charge in [-0.05, 0) is 26.0 Å². The van der Waals surface area contributed by atoms with Gasteiger partial charge in [0.2, 0.25) is 0 Å². The molecule has 0 amide bonds. The average Bonchev–Trinajstić information content (AvgIpc) is 2.58. The maximum Gasteiger partial charge on any atom is 0.354 e. The molecule has 0 spiro atoms. The molecule has 0 saturated carbocycles. The molecule has 0 aliphatic heterocycles. The summed E-state index contributed by atoms with van der Waals surface area (Å²) in [4.78, 5) is 18.6. The molecule has 0 atom stereocenters. The Balaban J connectivity index is 2.42. The molecule has 0 radical (unpaired) electrons. The van der Waals surface area contributed by atoms with Crippen LogP contribution >= 0.6 is 0 Å². The number of carbonyl (C=O) groups is 1. The Morgan fingerprint density at radius 2 is 2.12 bits per heavy atom. The van der Waals surface area contributed by atoms with E-state index < -0.39 is 5.97 Å². The molecule has 2 aromatic rings. The van der Waals surface area contributed by atoms with Gasteiger partial charge in [-0.1, -0.05) is 0 Å². The fourth-order valence-electron chi connectivity index (χ4n) is 1.40. The van der Waals surface area contributed by atoms with Crippen molar-refractivity contribution in [2.75, 3.05) is 0 Å². The van der Waals surface area contributed by atoms with E-state index in [-0.39, 0.29) is 5.69 Å². The molecule has 2 aromatic heterocycles. The van der Waals surface area contributed by atoms with E-state index in [1.807, 2.05) is 6.92 Å². The summed E-state index contributed by atoms with van der Waals surface area (Å²) in [7, 11) is 0. The fraction of sp³-hybridized carbons (Fsp3) is 0.200. The van der Waals surface area contributed by atoms with E-state index in [1.165, 1.54) is 12.3 Å². The fourth-order valence-corrected chi connectivity index (χ4v) is 1.40. The highest BCUT2D eigenvalue weighted by molar-refractivity contribution is 5.85. The van der Waals surface area contributed by atoms with Crippen LogP contribution < -0.4 is 0 Å². The number of hydrogen-bond donors (Lipinski definition) is 1. The monoisotopic (exact) mass is 218 g/mol. The van der Waals surface area contributed by atoms with E-state index >= 15 is 0 Å². The number of carboxylic acids is 1. The molecule has 2 rings (SSSR count). The molecule has 6 nitrogen and oxygen atoms in total. The lowest BCUT2D eigenvalue weighted by molar-refractivity contribution is 0.0690. The van der Waals surface area contributed by atoms with E-state index in [1.54, 1.807) is 17.7 Å². The Morgan fingerprint density at radius 1 is 1.38 bits per heavy atom. The normalized spacial score (nSPS) is 10.4. The van der Waals surface area contributed by atoms with Crippen molar-refractivity contribution in [1.29, 1.82) is 0 Å². The number of nitrogens with zero attached hydrogens (tertiary/aromatic N) is 4. The third kappa shape index (κ3) is 1.77. The molecule has 6 heteroatoms. The van der Waals surface area contributed by atoms with Gasteiger partial charge in [-0.25, -0.2) is 19.4 Å². The summed E-state index contributed by atoms with van der Waals surface area (Å²) in [5, 5.41) is 12.9. The third-order valence-electron chi connectivity index (χ3n) is 2.09. The van der Waals surface area contributed by atoms with Gasteiger partial charge >= 0.3 is 5.97 Å². The lowest BCUT2D eigenvalue weighted by atomic mass is 10.3. The molecule has 0 unspecified atom stereocenters. The quantitative estimate of drug-likeness (QED) is 0.812. The van der Waals surface area contributed by atoms with Gasteiger partial charge in [0.05, 0.1) is 11.9 Å². The average molecular weight is 218 g/mol. The van der Waals surface area contributed by atoms with Crippen molar-refractivity contribution in [1.82, 2.24) is 19.7 Å². The van der Waals surface area contributed by atoms with Crippen LogP contribution in [0.2, 0.25) is 0 Å². The Bertz CT molecular complexity index is 530. The zero-order chi connectivity index (χ0) is 11.7. The second-order valence-corrected chi connectivity index (χ2v) is 3.32. The number of rotatable bonds is 2. The molecule has 0 saturated heterocycles. The number of aromatic carboxylic acids is 1. The standard InChI is InChI=1S/C10H10N4O2/c1-6-12-7(2)14(13-6)8-3-4-9(10(15)16)11-5-8/h3-5H,1-2H3,(H,15,16). The van der Waals surface area contributed by atoms with Crippen molar-refractivity contribution in [3.8, 4) is 5.69 Å². The van der Waals surface area contributed by atoms with Crippen LogP contribution in [0.5, 0.6) is 0 Å². The maximum absolute atomic E-state index is 10.6. The molecular formula is C10H10N4O2. The molecule has 0 fully saturated rings. The highest BCUT2D eigenvalue weighted by Gasteiger charge is 2.07. The smallest absolute Gasteiger partial charge is 0.354 e. The first kappa shape index (κ1) is 10.3. The summed E-state index contributed by atoms with van der Waals surface area (Å²) in [5.41, 5.74) is 0.710. The molecule has 0 aliphatic rings. The van der Waals surface area contributed by atoms with Crippen molar-refractivity contribution < 1.29 is 9.90 Å². The van der Waals surface area contributed by atoms with Crippen LogP contribution in [0.25, 0.3) is 5.69 Å². The van der Waals surface area contributed by atoms with E-state index in [2.05, 4.69) is 15.1 Å². The van der Waals surface area contributed by atoms with Crippen LogP contribution in [-0.4, -0.2) is 30.8 Å². The molecule has 16 heavy (non-hydrogen) atoms. The van der Waals surface area contributed by atoms with Crippen LogP contribution in [0.3, 0.4) is 0 Å². The molecule has 82 valence electrons. The van der Waals surface area contributed by atoms with E-state index in [0.717, 1.165) is 5.82 Å². The minimum Gasteiger partial charge on any atom is -0.477 e. The summed E-state index contributed by atoms with van der Waals surface area (Å²) in [6.45, 7) is 3.62. The zero-order valence-corrected chi connectivity index (χ0v) is 8.88. The number of hydrogen-bond acceptors (Lipinski definition) is 4. The van der Waals surface area contributed by atoms with Crippen LogP contribution in [-0.2, 0) is 0 Å².